The van der Waals surface area contributed by atoms with E-state index in [2.05, 4.69) is 27.3 Å². The fourth-order valence-electron chi connectivity index (χ4n) is 3.25. The van der Waals surface area contributed by atoms with Gasteiger partial charge in [-0.2, -0.15) is 0 Å². The first kappa shape index (κ1) is 18.7. The van der Waals surface area contributed by atoms with E-state index in [0.29, 0.717) is 5.56 Å². The van der Waals surface area contributed by atoms with Gasteiger partial charge in [0.05, 0.1) is 13.2 Å². The lowest BCUT2D eigenvalue weighted by molar-refractivity contribution is 0.102. The van der Waals surface area contributed by atoms with Gasteiger partial charge in [-0.1, -0.05) is 12.1 Å². The summed E-state index contributed by atoms with van der Waals surface area (Å²) in [4.78, 5) is 19.4. The van der Waals surface area contributed by atoms with Crippen LogP contribution < -0.4 is 10.2 Å². The van der Waals surface area contributed by atoms with Crippen LogP contribution in [0.1, 0.15) is 21.6 Å². The van der Waals surface area contributed by atoms with Crippen LogP contribution in [0.3, 0.4) is 0 Å². The number of anilines is 2. The zero-order chi connectivity index (χ0) is 19.5. The van der Waals surface area contributed by atoms with E-state index in [1.54, 1.807) is 11.3 Å². The molecule has 28 heavy (non-hydrogen) atoms. The maximum Gasteiger partial charge on any atom is 0.255 e. The number of amides is 1. The van der Waals surface area contributed by atoms with Crippen LogP contribution in [0.5, 0.6) is 0 Å². The molecule has 0 aliphatic carbocycles. The number of nitrogens with zero attached hydrogens (tertiary/aromatic N) is 2. The Hall–Kier alpha value is -2.70. The van der Waals surface area contributed by atoms with Crippen molar-refractivity contribution >= 4 is 28.6 Å². The molecule has 4 rings (SSSR count). The van der Waals surface area contributed by atoms with Crippen molar-refractivity contribution < 1.29 is 9.53 Å². The Morgan fingerprint density at radius 1 is 1.11 bits per heavy atom. The summed E-state index contributed by atoms with van der Waals surface area (Å²) in [7, 11) is 0. The lowest BCUT2D eigenvalue weighted by atomic mass is 10.1. The average Bonchev–Trinajstić information content (AvgIpc) is 3.16. The highest BCUT2D eigenvalue weighted by molar-refractivity contribution is 7.13. The second-order valence-corrected chi connectivity index (χ2v) is 7.78. The number of morpholine rings is 1. The molecule has 1 saturated heterocycles. The molecule has 5 nitrogen and oxygen atoms in total. The molecule has 1 aliphatic heterocycles. The van der Waals surface area contributed by atoms with Crippen molar-refractivity contribution in [2.75, 3.05) is 36.5 Å². The number of thiazole rings is 1. The molecule has 144 valence electrons. The molecule has 1 fully saturated rings. The van der Waals surface area contributed by atoms with Gasteiger partial charge in [0.1, 0.15) is 5.01 Å². The molecule has 1 N–H and O–H groups in total. The van der Waals surface area contributed by atoms with Crippen LogP contribution in [0, 0.1) is 13.8 Å². The van der Waals surface area contributed by atoms with E-state index in [4.69, 9.17) is 4.74 Å². The molecule has 0 atom stereocenters. The standard InChI is InChI=1S/C22H23N3O2S/c1-15-13-19(25-9-11-27-12-10-25)7-8-20(15)24-21(26)17-3-5-18(6-4-17)22-23-16(2)14-28-22/h3-8,13-14H,9-12H2,1-2H3,(H,24,26). The molecule has 1 amide bonds. The van der Waals surface area contributed by atoms with Crippen molar-refractivity contribution in [3.05, 3.63) is 64.7 Å². The second-order valence-electron chi connectivity index (χ2n) is 6.92. The third-order valence-corrected chi connectivity index (χ3v) is 5.86. The monoisotopic (exact) mass is 393 g/mol. The third kappa shape index (κ3) is 4.08. The topological polar surface area (TPSA) is 54.5 Å². The normalized spacial score (nSPS) is 14.1. The first-order chi connectivity index (χ1) is 13.6. The number of aromatic nitrogens is 1. The number of nitrogens with one attached hydrogen (secondary N) is 1. The van der Waals surface area contributed by atoms with Gasteiger partial charge in [-0.3, -0.25) is 4.79 Å². The summed E-state index contributed by atoms with van der Waals surface area (Å²) >= 11 is 1.61. The summed E-state index contributed by atoms with van der Waals surface area (Å²) in [5.74, 6) is -0.107. The molecule has 0 radical (unpaired) electrons. The van der Waals surface area contributed by atoms with Crippen LogP contribution in [0.15, 0.2) is 47.8 Å². The summed E-state index contributed by atoms with van der Waals surface area (Å²) in [6.45, 7) is 7.32. The molecule has 2 aromatic carbocycles. The van der Waals surface area contributed by atoms with Gasteiger partial charge in [-0.25, -0.2) is 4.98 Å². The molecule has 0 spiro atoms. The van der Waals surface area contributed by atoms with E-state index < -0.39 is 0 Å². The van der Waals surface area contributed by atoms with Gasteiger partial charge in [0.15, 0.2) is 0 Å². The summed E-state index contributed by atoms with van der Waals surface area (Å²) in [5.41, 5.74) is 5.72. The molecule has 6 heteroatoms. The fraction of sp³-hybridized carbons (Fsp3) is 0.273. The van der Waals surface area contributed by atoms with Crippen LogP contribution in [0.2, 0.25) is 0 Å². The van der Waals surface area contributed by atoms with Crippen LogP contribution in [-0.2, 0) is 4.74 Å². The van der Waals surface area contributed by atoms with Crippen molar-refractivity contribution in [3.8, 4) is 10.6 Å². The largest absolute Gasteiger partial charge is 0.378 e. The Kier molecular flexibility index (Phi) is 5.41. The van der Waals surface area contributed by atoms with Crippen molar-refractivity contribution in [1.82, 2.24) is 4.98 Å². The highest BCUT2D eigenvalue weighted by Crippen LogP contribution is 2.26. The van der Waals surface area contributed by atoms with Crippen molar-refractivity contribution in [3.63, 3.8) is 0 Å². The minimum atomic E-state index is -0.107. The zero-order valence-electron chi connectivity index (χ0n) is 16.1. The molecular weight excluding hydrogens is 370 g/mol. The lowest BCUT2D eigenvalue weighted by Gasteiger charge is -2.29. The van der Waals surface area contributed by atoms with Crippen molar-refractivity contribution in [1.29, 1.82) is 0 Å². The second kappa shape index (κ2) is 8.12. The van der Waals surface area contributed by atoms with E-state index in [0.717, 1.165) is 53.8 Å². The quantitative estimate of drug-likeness (QED) is 0.708. The maximum atomic E-state index is 12.7. The summed E-state index contributed by atoms with van der Waals surface area (Å²) in [6, 6.07) is 13.7. The number of ether oxygens (including phenoxy) is 1. The van der Waals surface area contributed by atoms with Crippen LogP contribution in [0.25, 0.3) is 10.6 Å². The summed E-state index contributed by atoms with van der Waals surface area (Å²) < 4.78 is 5.41. The predicted octanol–water partition coefficient (Wildman–Crippen LogP) is 4.52. The third-order valence-electron chi connectivity index (χ3n) is 4.85. The van der Waals surface area contributed by atoms with Crippen molar-refractivity contribution in [2.24, 2.45) is 0 Å². The van der Waals surface area contributed by atoms with Gasteiger partial charge in [-0.15, -0.1) is 11.3 Å². The lowest BCUT2D eigenvalue weighted by Crippen LogP contribution is -2.36. The highest BCUT2D eigenvalue weighted by Gasteiger charge is 2.14. The van der Waals surface area contributed by atoms with E-state index in [1.807, 2.05) is 49.6 Å². The first-order valence-electron chi connectivity index (χ1n) is 9.37. The maximum absolute atomic E-state index is 12.7. The number of hydrogen-bond acceptors (Lipinski definition) is 5. The number of aryl methyl sites for hydroxylation is 2. The van der Waals surface area contributed by atoms with E-state index >= 15 is 0 Å². The Morgan fingerprint density at radius 3 is 2.50 bits per heavy atom. The number of hydrogen-bond donors (Lipinski definition) is 1. The smallest absolute Gasteiger partial charge is 0.255 e. The minimum absolute atomic E-state index is 0.107. The van der Waals surface area contributed by atoms with Gasteiger partial charge in [0, 0.05) is 46.7 Å². The number of carbonyl (C=O) groups excluding carboxylic acids is 1. The van der Waals surface area contributed by atoms with Crippen LogP contribution in [-0.4, -0.2) is 37.2 Å². The molecule has 0 saturated carbocycles. The molecule has 0 bridgehead atoms. The summed E-state index contributed by atoms with van der Waals surface area (Å²) in [5, 5.41) is 6.02. The summed E-state index contributed by atoms with van der Waals surface area (Å²) in [6.07, 6.45) is 0. The molecule has 0 unspecified atom stereocenters. The first-order valence-corrected chi connectivity index (χ1v) is 10.3. The number of benzene rings is 2. The van der Waals surface area contributed by atoms with Gasteiger partial charge < -0.3 is 15.0 Å². The van der Waals surface area contributed by atoms with Crippen molar-refractivity contribution in [2.45, 2.75) is 13.8 Å². The van der Waals surface area contributed by atoms with E-state index in [1.165, 1.54) is 5.69 Å². The Bertz CT molecular complexity index is 976. The fourth-order valence-corrected chi connectivity index (χ4v) is 4.06. The molecule has 1 aliphatic rings. The van der Waals surface area contributed by atoms with Gasteiger partial charge in [-0.05, 0) is 49.7 Å². The predicted molar refractivity (Wildman–Crippen MR) is 114 cm³/mol. The molecular formula is C22H23N3O2S. The average molecular weight is 394 g/mol. The minimum Gasteiger partial charge on any atom is -0.378 e. The van der Waals surface area contributed by atoms with Crippen LogP contribution in [0.4, 0.5) is 11.4 Å². The molecule has 3 aromatic rings. The zero-order valence-corrected chi connectivity index (χ0v) is 16.9. The Balaban J connectivity index is 1.45. The number of carbonyl (C=O) groups is 1. The van der Waals surface area contributed by atoms with Gasteiger partial charge >= 0.3 is 0 Å². The van der Waals surface area contributed by atoms with Crippen LogP contribution >= 0.6 is 11.3 Å². The van der Waals surface area contributed by atoms with E-state index in [-0.39, 0.29) is 5.91 Å². The Morgan fingerprint density at radius 2 is 1.86 bits per heavy atom. The van der Waals surface area contributed by atoms with Gasteiger partial charge in [0.25, 0.3) is 5.91 Å². The molecule has 2 heterocycles. The number of rotatable bonds is 4. The molecule has 1 aromatic heterocycles. The van der Waals surface area contributed by atoms with E-state index in [9.17, 15) is 4.79 Å². The Labute approximate surface area is 169 Å². The highest BCUT2D eigenvalue weighted by atomic mass is 32.1. The SMILES string of the molecule is Cc1csc(-c2ccc(C(=O)Nc3ccc(N4CCOCC4)cc3C)cc2)n1. The van der Waals surface area contributed by atoms with Gasteiger partial charge in [0.2, 0.25) is 0 Å².